The van der Waals surface area contributed by atoms with Crippen molar-refractivity contribution in [3.8, 4) is 28.1 Å². The number of aromatic nitrogens is 1. The monoisotopic (exact) mass is 377 g/mol. The highest BCUT2D eigenvalue weighted by Gasteiger charge is 2.05. The van der Waals surface area contributed by atoms with Crippen LogP contribution in [0, 0.1) is 5.82 Å². The van der Waals surface area contributed by atoms with Gasteiger partial charge in [-0.25, -0.2) is 4.39 Å². The average Bonchev–Trinajstić information content (AvgIpc) is 2.73. The summed E-state index contributed by atoms with van der Waals surface area (Å²) in [6.07, 6.45) is 10.9. The Morgan fingerprint density at radius 2 is 1.46 bits per heavy atom. The molecule has 0 aliphatic carbocycles. The van der Waals surface area contributed by atoms with Crippen LogP contribution in [0.5, 0.6) is 5.75 Å². The minimum Gasteiger partial charge on any atom is -0.505 e. The second-order valence-electron chi connectivity index (χ2n) is 7.31. The predicted octanol–water partition coefficient (Wildman–Crippen LogP) is 7.16. The van der Waals surface area contributed by atoms with Crippen molar-refractivity contribution in [2.45, 2.75) is 51.9 Å². The summed E-state index contributed by atoms with van der Waals surface area (Å²) in [7, 11) is 0. The van der Waals surface area contributed by atoms with Crippen LogP contribution in [0.25, 0.3) is 22.4 Å². The number of phenols is 1. The molecule has 1 N–H and O–H groups in total. The molecule has 0 saturated heterocycles. The molecule has 0 radical (unpaired) electrons. The lowest BCUT2D eigenvalue weighted by atomic mass is 10.0. The van der Waals surface area contributed by atoms with E-state index in [4.69, 9.17) is 0 Å². The minimum atomic E-state index is -0.607. The summed E-state index contributed by atoms with van der Waals surface area (Å²) >= 11 is 0. The molecule has 0 bridgehead atoms. The molecule has 2 aromatic carbocycles. The normalized spacial score (nSPS) is 10.9. The summed E-state index contributed by atoms with van der Waals surface area (Å²) in [6.45, 7) is 2.24. The Hall–Kier alpha value is -2.68. The van der Waals surface area contributed by atoms with Crippen LogP contribution in [-0.4, -0.2) is 10.1 Å². The van der Waals surface area contributed by atoms with Crippen LogP contribution in [0.15, 0.2) is 60.8 Å². The van der Waals surface area contributed by atoms with Gasteiger partial charge in [-0.1, -0.05) is 75.4 Å². The van der Waals surface area contributed by atoms with E-state index in [0.717, 1.165) is 28.8 Å². The van der Waals surface area contributed by atoms with Crippen molar-refractivity contribution in [3.63, 3.8) is 0 Å². The van der Waals surface area contributed by atoms with Crippen LogP contribution >= 0.6 is 0 Å². The molecule has 0 aliphatic heterocycles. The van der Waals surface area contributed by atoms with Gasteiger partial charge in [0, 0.05) is 11.8 Å². The molecule has 3 rings (SSSR count). The van der Waals surface area contributed by atoms with Crippen LogP contribution in [0.1, 0.15) is 51.0 Å². The van der Waals surface area contributed by atoms with Crippen molar-refractivity contribution in [3.05, 3.63) is 72.2 Å². The molecule has 146 valence electrons. The van der Waals surface area contributed by atoms with Gasteiger partial charge in [-0.05, 0) is 47.7 Å². The highest BCUT2D eigenvalue weighted by atomic mass is 19.1. The van der Waals surface area contributed by atoms with Crippen LogP contribution in [0.2, 0.25) is 0 Å². The highest BCUT2D eigenvalue weighted by Crippen LogP contribution is 2.27. The van der Waals surface area contributed by atoms with E-state index in [2.05, 4.69) is 24.0 Å². The average molecular weight is 378 g/mol. The predicted molar refractivity (Wildman–Crippen MR) is 114 cm³/mol. The number of nitrogens with zero attached hydrogens (tertiary/aromatic N) is 1. The number of halogens is 1. The molecule has 0 fully saturated rings. The summed E-state index contributed by atoms with van der Waals surface area (Å²) in [5, 5.41) is 9.32. The molecule has 0 saturated carbocycles. The lowest BCUT2D eigenvalue weighted by Crippen LogP contribution is -1.90. The Balaban J connectivity index is 1.58. The molecule has 3 aromatic rings. The molecule has 3 heteroatoms. The van der Waals surface area contributed by atoms with Gasteiger partial charge in [-0.15, -0.1) is 0 Å². The van der Waals surface area contributed by atoms with Crippen molar-refractivity contribution < 1.29 is 9.50 Å². The molecular formula is C25H28FNO. The van der Waals surface area contributed by atoms with E-state index in [9.17, 15) is 9.50 Å². The second kappa shape index (κ2) is 10.0. The zero-order valence-corrected chi connectivity index (χ0v) is 16.5. The van der Waals surface area contributed by atoms with Gasteiger partial charge in [0.05, 0.1) is 5.69 Å². The SMILES string of the molecule is CCCCCCCCc1ccc(-c2ccc(-c3ccc(O)c(F)c3)cc2)nc1. The van der Waals surface area contributed by atoms with Crippen molar-refractivity contribution in [2.75, 3.05) is 0 Å². The van der Waals surface area contributed by atoms with Crippen molar-refractivity contribution in [1.82, 2.24) is 4.98 Å². The summed E-state index contributed by atoms with van der Waals surface area (Å²) in [5.41, 5.74) is 4.91. The van der Waals surface area contributed by atoms with Crippen molar-refractivity contribution in [1.29, 1.82) is 0 Å². The zero-order valence-electron chi connectivity index (χ0n) is 16.5. The fourth-order valence-electron chi connectivity index (χ4n) is 3.37. The molecule has 0 unspecified atom stereocenters. The van der Waals surface area contributed by atoms with Gasteiger partial charge < -0.3 is 5.11 Å². The largest absolute Gasteiger partial charge is 0.505 e. The Bertz CT molecular complexity index is 872. The summed E-state index contributed by atoms with van der Waals surface area (Å²) < 4.78 is 13.6. The van der Waals surface area contributed by atoms with Crippen LogP contribution in [0.4, 0.5) is 4.39 Å². The van der Waals surface area contributed by atoms with Crippen molar-refractivity contribution in [2.24, 2.45) is 0 Å². The maximum absolute atomic E-state index is 13.6. The lowest BCUT2D eigenvalue weighted by molar-refractivity contribution is 0.432. The number of hydrogen-bond donors (Lipinski definition) is 1. The lowest BCUT2D eigenvalue weighted by Gasteiger charge is -2.07. The quantitative estimate of drug-likeness (QED) is 0.401. The summed E-state index contributed by atoms with van der Waals surface area (Å²) in [4.78, 5) is 4.61. The number of phenolic OH excluding ortho intramolecular Hbond substituents is 1. The van der Waals surface area contributed by atoms with E-state index in [-0.39, 0.29) is 5.75 Å². The summed E-state index contributed by atoms with van der Waals surface area (Å²) in [5.74, 6) is -0.935. The standard InChI is InChI=1S/C25H28FNO/c1-2-3-4-5-6-7-8-19-9-15-24(27-18-19)21-12-10-20(11-13-21)22-14-16-25(28)23(26)17-22/h9-18,28H,2-8H2,1H3. The fraction of sp³-hybridized carbons (Fsp3) is 0.320. The molecule has 0 atom stereocenters. The summed E-state index contributed by atoms with van der Waals surface area (Å²) in [6, 6.07) is 16.6. The molecule has 28 heavy (non-hydrogen) atoms. The third-order valence-corrected chi connectivity index (χ3v) is 5.11. The van der Waals surface area contributed by atoms with Gasteiger partial charge in [-0.3, -0.25) is 4.98 Å². The van der Waals surface area contributed by atoms with Crippen LogP contribution < -0.4 is 0 Å². The van der Waals surface area contributed by atoms with E-state index in [1.165, 1.54) is 56.2 Å². The van der Waals surface area contributed by atoms with E-state index >= 15 is 0 Å². The number of pyridine rings is 1. The number of aryl methyl sites for hydroxylation is 1. The van der Waals surface area contributed by atoms with Gasteiger partial charge in [0.15, 0.2) is 11.6 Å². The highest BCUT2D eigenvalue weighted by molar-refractivity contribution is 5.69. The third-order valence-electron chi connectivity index (χ3n) is 5.11. The van der Waals surface area contributed by atoms with E-state index in [1.54, 1.807) is 6.07 Å². The Morgan fingerprint density at radius 3 is 2.14 bits per heavy atom. The number of rotatable bonds is 9. The fourth-order valence-corrected chi connectivity index (χ4v) is 3.37. The first-order valence-electron chi connectivity index (χ1n) is 10.2. The van der Waals surface area contributed by atoms with Gasteiger partial charge in [0.1, 0.15) is 0 Å². The first kappa shape index (κ1) is 20.1. The van der Waals surface area contributed by atoms with E-state index in [1.807, 2.05) is 30.5 Å². The van der Waals surface area contributed by atoms with Gasteiger partial charge in [0.25, 0.3) is 0 Å². The molecule has 2 nitrogen and oxygen atoms in total. The molecule has 0 amide bonds. The topological polar surface area (TPSA) is 33.1 Å². The van der Waals surface area contributed by atoms with Gasteiger partial charge in [0.2, 0.25) is 0 Å². The molecular weight excluding hydrogens is 349 g/mol. The van der Waals surface area contributed by atoms with Gasteiger partial charge >= 0.3 is 0 Å². The first-order valence-corrected chi connectivity index (χ1v) is 10.2. The number of aromatic hydroxyl groups is 1. The van der Waals surface area contributed by atoms with Crippen LogP contribution in [0.3, 0.4) is 0 Å². The second-order valence-corrected chi connectivity index (χ2v) is 7.31. The Labute approximate surface area is 167 Å². The Morgan fingerprint density at radius 1 is 0.786 bits per heavy atom. The number of unbranched alkanes of at least 4 members (excludes halogenated alkanes) is 5. The van der Waals surface area contributed by atoms with Crippen molar-refractivity contribution >= 4 is 0 Å². The first-order chi connectivity index (χ1) is 13.7. The Kier molecular flexibility index (Phi) is 7.18. The van der Waals surface area contributed by atoms with Crippen LogP contribution in [-0.2, 0) is 6.42 Å². The molecule has 0 aliphatic rings. The minimum absolute atomic E-state index is 0.328. The molecule has 1 aromatic heterocycles. The zero-order chi connectivity index (χ0) is 19.8. The van der Waals surface area contributed by atoms with E-state index < -0.39 is 5.82 Å². The maximum atomic E-state index is 13.6. The smallest absolute Gasteiger partial charge is 0.165 e. The number of hydrogen-bond acceptors (Lipinski definition) is 2. The van der Waals surface area contributed by atoms with E-state index in [0.29, 0.717) is 0 Å². The van der Waals surface area contributed by atoms with Gasteiger partial charge in [-0.2, -0.15) is 0 Å². The molecule has 1 heterocycles. The third kappa shape index (κ3) is 5.41. The number of benzene rings is 2. The maximum Gasteiger partial charge on any atom is 0.165 e. The molecule has 0 spiro atoms.